The predicted molar refractivity (Wildman–Crippen MR) is 108 cm³/mol. The van der Waals surface area contributed by atoms with Gasteiger partial charge in [-0.2, -0.15) is 0 Å². The first-order chi connectivity index (χ1) is 13.5. The molecule has 0 aliphatic heterocycles. The number of ketones is 2. The van der Waals surface area contributed by atoms with E-state index in [2.05, 4.69) is 0 Å². The van der Waals surface area contributed by atoms with Crippen LogP contribution in [-0.2, 0) is 13.2 Å². The molecule has 0 radical (unpaired) electrons. The van der Waals surface area contributed by atoms with Crippen molar-refractivity contribution in [3.8, 4) is 11.5 Å². The van der Waals surface area contributed by atoms with Crippen LogP contribution in [0.4, 0.5) is 0 Å². The second-order valence-corrected chi connectivity index (χ2v) is 6.51. The topological polar surface area (TPSA) is 52.6 Å². The van der Waals surface area contributed by atoms with Crippen LogP contribution in [0, 0.1) is 0 Å². The molecule has 0 aliphatic rings. The fraction of sp³-hybridized carbons (Fsp3) is 0.167. The van der Waals surface area contributed by atoms with Gasteiger partial charge in [0.05, 0.1) is 0 Å². The minimum Gasteiger partial charge on any atom is -0.489 e. The maximum absolute atomic E-state index is 11.4. The third-order valence-electron chi connectivity index (χ3n) is 4.43. The fourth-order valence-electron chi connectivity index (χ4n) is 2.73. The Hall–Kier alpha value is -3.40. The van der Waals surface area contributed by atoms with Crippen LogP contribution in [0.1, 0.15) is 45.7 Å². The Labute approximate surface area is 164 Å². The normalized spacial score (nSPS) is 10.4. The first kappa shape index (κ1) is 19.4. The highest BCUT2D eigenvalue weighted by Gasteiger charge is 2.06. The van der Waals surface area contributed by atoms with Crippen molar-refractivity contribution in [2.24, 2.45) is 0 Å². The van der Waals surface area contributed by atoms with Crippen LogP contribution in [0.3, 0.4) is 0 Å². The molecule has 0 bridgehead atoms. The van der Waals surface area contributed by atoms with Crippen LogP contribution in [0.5, 0.6) is 11.5 Å². The average molecular weight is 374 g/mol. The molecule has 3 rings (SSSR count). The molecular formula is C24H22O4. The molecule has 0 heterocycles. The maximum Gasteiger partial charge on any atom is 0.159 e. The summed E-state index contributed by atoms with van der Waals surface area (Å²) in [6.07, 6.45) is 0. The molecule has 0 spiro atoms. The summed E-state index contributed by atoms with van der Waals surface area (Å²) in [5.74, 6) is 1.48. The summed E-state index contributed by atoms with van der Waals surface area (Å²) in [6.45, 7) is 3.89. The highest BCUT2D eigenvalue weighted by atomic mass is 16.5. The summed E-state index contributed by atoms with van der Waals surface area (Å²) < 4.78 is 11.7. The van der Waals surface area contributed by atoms with Crippen molar-refractivity contribution < 1.29 is 19.1 Å². The van der Waals surface area contributed by atoms with E-state index in [1.165, 1.54) is 0 Å². The van der Waals surface area contributed by atoms with Gasteiger partial charge in [0.2, 0.25) is 0 Å². The molecule has 0 fully saturated rings. The quantitative estimate of drug-likeness (QED) is 0.505. The van der Waals surface area contributed by atoms with E-state index < -0.39 is 0 Å². The van der Waals surface area contributed by atoms with Crippen LogP contribution in [0.25, 0.3) is 0 Å². The van der Waals surface area contributed by atoms with E-state index in [4.69, 9.17) is 9.47 Å². The highest BCUT2D eigenvalue weighted by Crippen LogP contribution is 2.19. The zero-order chi connectivity index (χ0) is 19.9. The zero-order valence-electron chi connectivity index (χ0n) is 16.0. The van der Waals surface area contributed by atoms with Gasteiger partial charge in [0, 0.05) is 11.1 Å². The summed E-state index contributed by atoms with van der Waals surface area (Å²) >= 11 is 0. The third kappa shape index (κ3) is 5.07. The van der Waals surface area contributed by atoms with Crippen molar-refractivity contribution in [1.29, 1.82) is 0 Å². The molecule has 0 unspecified atom stereocenters. The molecule has 0 atom stereocenters. The minimum absolute atomic E-state index is 0.0328. The van der Waals surface area contributed by atoms with Crippen molar-refractivity contribution in [3.63, 3.8) is 0 Å². The summed E-state index contributed by atoms with van der Waals surface area (Å²) in [6, 6.07) is 22.2. The molecule has 0 aromatic heterocycles. The zero-order valence-corrected chi connectivity index (χ0v) is 16.0. The summed E-state index contributed by atoms with van der Waals surface area (Å²) in [5.41, 5.74) is 3.38. The lowest BCUT2D eigenvalue weighted by Crippen LogP contribution is -2.04. The van der Waals surface area contributed by atoms with E-state index in [9.17, 15) is 9.59 Å². The van der Waals surface area contributed by atoms with Gasteiger partial charge in [-0.25, -0.2) is 0 Å². The summed E-state index contributed by atoms with van der Waals surface area (Å²) in [7, 11) is 0. The Morgan fingerprint density at radius 3 is 1.29 bits per heavy atom. The Kier molecular flexibility index (Phi) is 6.22. The number of carbonyl (C=O) groups excluding carboxylic acids is 2. The molecule has 4 nitrogen and oxygen atoms in total. The number of Topliss-reactive ketones (excluding diaryl/α,β-unsaturated/α-hetero) is 2. The minimum atomic E-state index is 0.0328. The van der Waals surface area contributed by atoms with Gasteiger partial charge in [0.1, 0.15) is 24.7 Å². The molecule has 142 valence electrons. The van der Waals surface area contributed by atoms with Crippen molar-refractivity contribution in [2.75, 3.05) is 0 Å². The monoisotopic (exact) mass is 374 g/mol. The molecule has 3 aromatic rings. The van der Waals surface area contributed by atoms with E-state index in [-0.39, 0.29) is 11.6 Å². The lowest BCUT2D eigenvalue weighted by atomic mass is 10.1. The van der Waals surface area contributed by atoms with E-state index in [1.54, 1.807) is 62.4 Å². The molecule has 0 aliphatic carbocycles. The second kappa shape index (κ2) is 9.00. The molecule has 0 saturated carbocycles. The largest absolute Gasteiger partial charge is 0.489 e. The Morgan fingerprint density at radius 2 is 0.964 bits per heavy atom. The summed E-state index contributed by atoms with van der Waals surface area (Å²) in [5, 5.41) is 0. The van der Waals surface area contributed by atoms with Gasteiger partial charge < -0.3 is 9.47 Å². The van der Waals surface area contributed by atoms with Gasteiger partial charge in [-0.3, -0.25) is 9.59 Å². The highest BCUT2D eigenvalue weighted by molar-refractivity contribution is 5.94. The molecule has 28 heavy (non-hydrogen) atoms. The Balaban J connectivity index is 1.62. The number of carbonyl (C=O) groups is 2. The maximum atomic E-state index is 11.4. The second-order valence-electron chi connectivity index (χ2n) is 6.51. The lowest BCUT2D eigenvalue weighted by Gasteiger charge is -2.13. The van der Waals surface area contributed by atoms with Crippen molar-refractivity contribution in [2.45, 2.75) is 27.1 Å². The van der Waals surface area contributed by atoms with Gasteiger partial charge in [0.25, 0.3) is 0 Å². The van der Waals surface area contributed by atoms with E-state index in [0.717, 1.165) is 11.1 Å². The molecule has 0 N–H and O–H groups in total. The van der Waals surface area contributed by atoms with Gasteiger partial charge in [-0.1, -0.05) is 24.3 Å². The van der Waals surface area contributed by atoms with Crippen molar-refractivity contribution in [1.82, 2.24) is 0 Å². The van der Waals surface area contributed by atoms with Crippen LogP contribution >= 0.6 is 0 Å². The van der Waals surface area contributed by atoms with E-state index in [0.29, 0.717) is 35.8 Å². The fourth-order valence-corrected chi connectivity index (χ4v) is 2.73. The Morgan fingerprint density at radius 1 is 0.607 bits per heavy atom. The van der Waals surface area contributed by atoms with E-state index >= 15 is 0 Å². The number of hydrogen-bond acceptors (Lipinski definition) is 4. The number of rotatable bonds is 8. The first-order valence-corrected chi connectivity index (χ1v) is 9.07. The Bertz CT molecular complexity index is 876. The molecule has 4 heteroatoms. The number of benzene rings is 3. The molecule has 3 aromatic carbocycles. The number of hydrogen-bond donors (Lipinski definition) is 0. The molecule has 0 amide bonds. The SMILES string of the molecule is CC(=O)c1ccc(OCc2ccccc2COc2ccc(C(C)=O)cc2)cc1. The van der Waals surface area contributed by atoms with Crippen LogP contribution in [-0.4, -0.2) is 11.6 Å². The average Bonchev–Trinajstić information content (AvgIpc) is 2.72. The molecule has 0 saturated heterocycles. The van der Waals surface area contributed by atoms with Crippen LogP contribution < -0.4 is 9.47 Å². The van der Waals surface area contributed by atoms with Gasteiger partial charge in [-0.05, 0) is 73.5 Å². The van der Waals surface area contributed by atoms with Crippen molar-refractivity contribution >= 4 is 11.6 Å². The smallest absolute Gasteiger partial charge is 0.159 e. The first-order valence-electron chi connectivity index (χ1n) is 9.07. The number of ether oxygens (including phenoxy) is 2. The van der Waals surface area contributed by atoms with Gasteiger partial charge in [0.15, 0.2) is 11.6 Å². The third-order valence-corrected chi connectivity index (χ3v) is 4.43. The predicted octanol–water partition coefficient (Wildman–Crippen LogP) is 5.25. The van der Waals surface area contributed by atoms with E-state index in [1.807, 2.05) is 24.3 Å². The molecular weight excluding hydrogens is 352 g/mol. The van der Waals surface area contributed by atoms with Crippen molar-refractivity contribution in [3.05, 3.63) is 95.1 Å². The van der Waals surface area contributed by atoms with Gasteiger partial charge >= 0.3 is 0 Å². The van der Waals surface area contributed by atoms with Crippen LogP contribution in [0.15, 0.2) is 72.8 Å². The van der Waals surface area contributed by atoms with Gasteiger partial charge in [-0.15, -0.1) is 0 Å². The standard InChI is InChI=1S/C24H22O4/c1-17(25)19-7-11-23(12-8-19)27-15-21-5-3-4-6-22(21)16-28-24-13-9-20(10-14-24)18(2)26/h3-14H,15-16H2,1-2H3. The lowest BCUT2D eigenvalue weighted by molar-refractivity contribution is 0.100. The van der Waals surface area contributed by atoms with Crippen LogP contribution in [0.2, 0.25) is 0 Å². The summed E-state index contributed by atoms with van der Waals surface area (Å²) in [4.78, 5) is 22.7.